The third-order valence-corrected chi connectivity index (χ3v) is 2.68. The third-order valence-electron chi connectivity index (χ3n) is 2.68. The van der Waals surface area contributed by atoms with Gasteiger partial charge in [-0.25, -0.2) is 4.39 Å². The van der Waals surface area contributed by atoms with Crippen LogP contribution in [-0.4, -0.2) is 35.0 Å². The number of carbonyl (C=O) groups is 1. The molecule has 0 bridgehead atoms. The number of halogens is 1. The van der Waals surface area contributed by atoms with Crippen LogP contribution in [0, 0.1) is 5.82 Å². The van der Waals surface area contributed by atoms with Crippen LogP contribution in [0.3, 0.4) is 0 Å². The van der Waals surface area contributed by atoms with Crippen molar-refractivity contribution >= 4 is 5.91 Å². The molecule has 3 N–H and O–H groups in total. The van der Waals surface area contributed by atoms with E-state index in [1.165, 1.54) is 6.07 Å². The highest BCUT2D eigenvalue weighted by molar-refractivity contribution is 5.97. The van der Waals surface area contributed by atoms with Crippen molar-refractivity contribution in [3.8, 4) is 5.75 Å². The van der Waals surface area contributed by atoms with Gasteiger partial charge in [-0.2, -0.15) is 0 Å². The Labute approximate surface area is 106 Å². The molecule has 0 spiro atoms. The molecule has 0 aliphatic heterocycles. The van der Waals surface area contributed by atoms with Crippen molar-refractivity contribution in [2.24, 2.45) is 5.73 Å². The number of phenols is 1. The summed E-state index contributed by atoms with van der Waals surface area (Å²) in [6.07, 6.45) is 0.667. The third kappa shape index (κ3) is 3.43. The van der Waals surface area contributed by atoms with E-state index in [2.05, 4.69) is 0 Å². The van der Waals surface area contributed by atoms with E-state index in [0.717, 1.165) is 12.1 Å². The van der Waals surface area contributed by atoms with E-state index in [0.29, 0.717) is 19.5 Å². The lowest BCUT2D eigenvalue weighted by Crippen LogP contribution is -2.38. The minimum Gasteiger partial charge on any atom is -0.507 e. The predicted molar refractivity (Wildman–Crippen MR) is 67.9 cm³/mol. The van der Waals surface area contributed by atoms with E-state index in [1.807, 2.05) is 13.8 Å². The number of phenolic OH excluding ortho intramolecular Hbond substituents is 1. The monoisotopic (exact) mass is 254 g/mol. The number of benzene rings is 1. The molecule has 5 heteroatoms. The fraction of sp³-hybridized carbons (Fsp3) is 0.462. The number of rotatable bonds is 5. The Bertz CT molecular complexity index is 421. The van der Waals surface area contributed by atoms with Crippen LogP contribution >= 0.6 is 0 Å². The fourth-order valence-electron chi connectivity index (χ4n) is 1.69. The van der Waals surface area contributed by atoms with Crippen LogP contribution in [0.2, 0.25) is 0 Å². The minimum atomic E-state index is -0.543. The Morgan fingerprint density at radius 2 is 2.17 bits per heavy atom. The molecule has 0 aromatic heterocycles. The van der Waals surface area contributed by atoms with Crippen molar-refractivity contribution in [3.63, 3.8) is 0 Å². The highest BCUT2D eigenvalue weighted by atomic mass is 19.1. The molecular weight excluding hydrogens is 235 g/mol. The van der Waals surface area contributed by atoms with Crippen molar-refractivity contribution in [2.75, 3.05) is 13.1 Å². The first-order valence-corrected chi connectivity index (χ1v) is 5.97. The lowest BCUT2D eigenvalue weighted by Gasteiger charge is -2.27. The lowest BCUT2D eigenvalue weighted by atomic mass is 10.1. The zero-order valence-electron chi connectivity index (χ0n) is 10.7. The number of hydrogen-bond acceptors (Lipinski definition) is 3. The molecule has 0 saturated heterocycles. The number of amides is 1. The molecule has 1 rings (SSSR count). The van der Waals surface area contributed by atoms with Gasteiger partial charge in [-0.1, -0.05) is 0 Å². The summed E-state index contributed by atoms with van der Waals surface area (Å²) in [5.41, 5.74) is 5.41. The molecule has 4 nitrogen and oxygen atoms in total. The van der Waals surface area contributed by atoms with Crippen molar-refractivity contribution < 1.29 is 14.3 Å². The quantitative estimate of drug-likeness (QED) is 0.841. The van der Waals surface area contributed by atoms with Crippen molar-refractivity contribution in [1.82, 2.24) is 4.90 Å². The van der Waals surface area contributed by atoms with E-state index in [4.69, 9.17) is 5.73 Å². The van der Waals surface area contributed by atoms with Gasteiger partial charge < -0.3 is 15.7 Å². The molecule has 0 aliphatic rings. The summed E-state index contributed by atoms with van der Waals surface area (Å²) in [6.45, 7) is 4.70. The average molecular weight is 254 g/mol. The molecule has 1 amide bonds. The summed E-state index contributed by atoms with van der Waals surface area (Å²) in [5, 5.41) is 9.62. The molecular formula is C13H19FN2O2. The second kappa shape index (κ2) is 6.35. The smallest absolute Gasteiger partial charge is 0.257 e. The zero-order valence-corrected chi connectivity index (χ0v) is 10.7. The molecule has 1 aromatic carbocycles. The van der Waals surface area contributed by atoms with Gasteiger partial charge in [0.2, 0.25) is 0 Å². The number of nitrogens with two attached hydrogens (primary N) is 1. The molecule has 100 valence electrons. The van der Waals surface area contributed by atoms with Crippen LogP contribution in [0.4, 0.5) is 4.39 Å². The summed E-state index contributed by atoms with van der Waals surface area (Å²) < 4.78 is 13.1. The largest absolute Gasteiger partial charge is 0.507 e. The van der Waals surface area contributed by atoms with Crippen molar-refractivity contribution in [2.45, 2.75) is 26.3 Å². The van der Waals surface area contributed by atoms with Crippen LogP contribution in [0.15, 0.2) is 18.2 Å². The Morgan fingerprint density at radius 1 is 1.50 bits per heavy atom. The van der Waals surface area contributed by atoms with E-state index in [1.54, 1.807) is 4.90 Å². The zero-order chi connectivity index (χ0) is 13.7. The molecule has 0 heterocycles. The molecule has 0 unspecified atom stereocenters. The van der Waals surface area contributed by atoms with E-state index in [9.17, 15) is 14.3 Å². The molecule has 0 aliphatic carbocycles. The van der Waals surface area contributed by atoms with Gasteiger partial charge in [0.05, 0.1) is 5.56 Å². The van der Waals surface area contributed by atoms with Crippen LogP contribution in [0.5, 0.6) is 5.75 Å². The van der Waals surface area contributed by atoms with Gasteiger partial charge >= 0.3 is 0 Å². The minimum absolute atomic E-state index is 0.0132. The number of hydrogen-bond donors (Lipinski definition) is 2. The Morgan fingerprint density at radius 3 is 2.72 bits per heavy atom. The van der Waals surface area contributed by atoms with Gasteiger partial charge in [-0.05, 0) is 45.0 Å². The van der Waals surface area contributed by atoms with Gasteiger partial charge in [0.1, 0.15) is 11.6 Å². The maximum Gasteiger partial charge on any atom is 0.257 e. The summed E-state index contributed by atoms with van der Waals surface area (Å²) in [4.78, 5) is 13.8. The topological polar surface area (TPSA) is 66.6 Å². The second-order valence-electron chi connectivity index (χ2n) is 4.40. The summed E-state index contributed by atoms with van der Waals surface area (Å²) in [7, 11) is 0. The fourth-order valence-corrected chi connectivity index (χ4v) is 1.69. The van der Waals surface area contributed by atoms with Crippen LogP contribution in [-0.2, 0) is 0 Å². The summed E-state index contributed by atoms with van der Waals surface area (Å²) in [6, 6.07) is 3.32. The number of nitrogens with zero attached hydrogens (tertiary/aromatic N) is 1. The van der Waals surface area contributed by atoms with Gasteiger partial charge in [-0.15, -0.1) is 0 Å². The number of carbonyl (C=O) groups excluding carboxylic acids is 1. The van der Waals surface area contributed by atoms with E-state index < -0.39 is 5.82 Å². The van der Waals surface area contributed by atoms with E-state index in [-0.39, 0.29) is 23.3 Å². The first kappa shape index (κ1) is 14.4. The van der Waals surface area contributed by atoms with Crippen molar-refractivity contribution in [1.29, 1.82) is 0 Å². The van der Waals surface area contributed by atoms with E-state index >= 15 is 0 Å². The van der Waals surface area contributed by atoms with Gasteiger partial charge in [0.15, 0.2) is 0 Å². The molecule has 18 heavy (non-hydrogen) atoms. The molecule has 0 fully saturated rings. The number of aromatic hydroxyl groups is 1. The van der Waals surface area contributed by atoms with Gasteiger partial charge in [0.25, 0.3) is 5.91 Å². The maximum absolute atomic E-state index is 13.1. The molecule has 0 radical (unpaired) electrons. The average Bonchev–Trinajstić information content (AvgIpc) is 2.32. The first-order chi connectivity index (χ1) is 8.47. The Balaban J connectivity index is 2.98. The molecule has 1 aromatic rings. The second-order valence-corrected chi connectivity index (χ2v) is 4.40. The summed E-state index contributed by atoms with van der Waals surface area (Å²) in [5.74, 6) is -1.13. The van der Waals surface area contributed by atoms with Gasteiger partial charge in [-0.3, -0.25) is 4.79 Å². The van der Waals surface area contributed by atoms with Crippen molar-refractivity contribution in [3.05, 3.63) is 29.6 Å². The summed E-state index contributed by atoms with van der Waals surface area (Å²) >= 11 is 0. The normalized spacial score (nSPS) is 10.7. The van der Waals surface area contributed by atoms with Crippen LogP contribution < -0.4 is 5.73 Å². The van der Waals surface area contributed by atoms with Gasteiger partial charge in [0, 0.05) is 12.6 Å². The SMILES string of the molecule is CC(C)N(CCCN)C(=O)c1cc(F)ccc1O. The highest BCUT2D eigenvalue weighted by Gasteiger charge is 2.21. The van der Waals surface area contributed by atoms with Crippen LogP contribution in [0.25, 0.3) is 0 Å². The standard InChI is InChI=1S/C13H19FN2O2/c1-9(2)16(7-3-6-15)13(18)11-8-10(14)4-5-12(11)17/h4-5,8-9,17H,3,6-7,15H2,1-2H3. The van der Waals surface area contributed by atoms with Crippen LogP contribution in [0.1, 0.15) is 30.6 Å². The highest BCUT2D eigenvalue weighted by Crippen LogP contribution is 2.20. The Kier molecular flexibility index (Phi) is 5.09. The lowest BCUT2D eigenvalue weighted by molar-refractivity contribution is 0.0701. The molecule has 0 atom stereocenters. The predicted octanol–water partition coefficient (Wildman–Crippen LogP) is 1.73. The maximum atomic E-state index is 13.1. The molecule has 0 saturated carbocycles. The first-order valence-electron chi connectivity index (χ1n) is 5.97. The Hall–Kier alpha value is -1.62.